The molecule has 7 nitrogen and oxygen atoms in total. The van der Waals surface area contributed by atoms with E-state index < -0.39 is 4.92 Å². The van der Waals surface area contributed by atoms with Gasteiger partial charge in [0, 0.05) is 36.8 Å². The number of morpholine rings is 1. The first-order valence-corrected chi connectivity index (χ1v) is 9.06. The van der Waals surface area contributed by atoms with Gasteiger partial charge in [-0.05, 0) is 36.8 Å². The summed E-state index contributed by atoms with van der Waals surface area (Å²) < 4.78 is 18.7. The monoisotopic (exact) mass is 387 g/mol. The van der Waals surface area contributed by atoms with Crippen molar-refractivity contribution in [3.8, 4) is 0 Å². The number of hydrogen-bond donors (Lipinski definition) is 1. The molecule has 0 spiro atoms. The Bertz CT molecular complexity index is 851. The molecule has 1 saturated heterocycles. The standard InChI is InChI=1S/C20H22FN3O4/c1-14-12-16(4-7-18(14)24(26)27)20(25)22-13-19(23-8-10-28-11-9-23)15-2-5-17(21)6-3-15/h2-7,12,19H,8-11,13H2,1H3,(H,22,25)/t19-/m1/s1. The lowest BCUT2D eigenvalue weighted by atomic mass is 10.0. The molecule has 3 rings (SSSR count). The van der Waals surface area contributed by atoms with Crippen LogP contribution in [0.25, 0.3) is 0 Å². The number of carbonyl (C=O) groups excluding carboxylic acids is 1. The number of nitrogens with one attached hydrogen (secondary N) is 1. The van der Waals surface area contributed by atoms with E-state index in [0.29, 0.717) is 44.0 Å². The molecule has 8 heteroatoms. The predicted octanol–water partition coefficient (Wildman–Crippen LogP) is 2.85. The highest BCUT2D eigenvalue weighted by molar-refractivity contribution is 5.94. The second-order valence-electron chi connectivity index (χ2n) is 6.68. The van der Waals surface area contributed by atoms with Crippen molar-refractivity contribution in [3.63, 3.8) is 0 Å². The van der Waals surface area contributed by atoms with Crippen molar-refractivity contribution in [2.45, 2.75) is 13.0 Å². The molecular formula is C20H22FN3O4. The molecule has 1 atom stereocenters. The zero-order valence-electron chi connectivity index (χ0n) is 15.6. The van der Waals surface area contributed by atoms with E-state index >= 15 is 0 Å². The number of nitro benzene ring substituents is 1. The van der Waals surface area contributed by atoms with Crippen molar-refractivity contribution in [2.24, 2.45) is 0 Å². The van der Waals surface area contributed by atoms with Crippen LogP contribution in [-0.2, 0) is 4.74 Å². The molecule has 0 bridgehead atoms. The maximum atomic E-state index is 13.3. The van der Waals surface area contributed by atoms with E-state index in [2.05, 4.69) is 10.2 Å². The van der Waals surface area contributed by atoms with E-state index in [1.165, 1.54) is 30.3 Å². The van der Waals surface area contributed by atoms with Crippen LogP contribution in [0.4, 0.5) is 10.1 Å². The van der Waals surface area contributed by atoms with Crippen LogP contribution in [0.3, 0.4) is 0 Å². The molecule has 2 aromatic carbocycles. The summed E-state index contributed by atoms with van der Waals surface area (Å²) in [6, 6.07) is 10.4. The molecule has 1 aliphatic rings. The highest BCUT2D eigenvalue weighted by Gasteiger charge is 2.24. The van der Waals surface area contributed by atoms with Crippen molar-refractivity contribution in [3.05, 3.63) is 75.1 Å². The van der Waals surface area contributed by atoms with E-state index in [4.69, 9.17) is 4.74 Å². The Balaban J connectivity index is 1.73. The SMILES string of the molecule is Cc1cc(C(=O)NC[C@H](c2ccc(F)cc2)N2CCOCC2)ccc1[N+](=O)[O-]. The largest absolute Gasteiger partial charge is 0.379 e. The summed E-state index contributed by atoms with van der Waals surface area (Å²) in [5.74, 6) is -0.617. The number of halogens is 1. The molecule has 0 saturated carbocycles. The smallest absolute Gasteiger partial charge is 0.272 e. The molecule has 0 unspecified atom stereocenters. The van der Waals surface area contributed by atoms with Crippen LogP contribution in [0.15, 0.2) is 42.5 Å². The Hall–Kier alpha value is -2.84. The maximum absolute atomic E-state index is 13.3. The number of rotatable bonds is 6. The zero-order chi connectivity index (χ0) is 20.1. The number of aryl methyl sites for hydroxylation is 1. The summed E-state index contributed by atoms with van der Waals surface area (Å²) in [5.41, 5.74) is 1.68. The normalized spacial score (nSPS) is 15.8. The number of ether oxygens (including phenoxy) is 1. The molecule has 0 aromatic heterocycles. The van der Waals surface area contributed by atoms with Crippen LogP contribution < -0.4 is 5.32 Å². The Morgan fingerprint density at radius 3 is 2.54 bits per heavy atom. The second kappa shape index (κ2) is 8.90. The lowest BCUT2D eigenvalue weighted by Crippen LogP contribution is -2.43. The maximum Gasteiger partial charge on any atom is 0.272 e. The Morgan fingerprint density at radius 1 is 1.25 bits per heavy atom. The van der Waals surface area contributed by atoms with Gasteiger partial charge in [-0.15, -0.1) is 0 Å². The fraction of sp³-hybridized carbons (Fsp3) is 0.350. The van der Waals surface area contributed by atoms with Gasteiger partial charge in [-0.3, -0.25) is 19.8 Å². The van der Waals surface area contributed by atoms with Gasteiger partial charge in [0.2, 0.25) is 0 Å². The number of nitrogens with zero attached hydrogens (tertiary/aromatic N) is 2. The first-order chi connectivity index (χ1) is 13.5. The van der Waals surface area contributed by atoms with Crippen LogP contribution in [0.5, 0.6) is 0 Å². The summed E-state index contributed by atoms with van der Waals surface area (Å²) in [4.78, 5) is 25.2. The minimum absolute atomic E-state index is 0.0194. The van der Waals surface area contributed by atoms with Gasteiger partial charge in [-0.1, -0.05) is 12.1 Å². The quantitative estimate of drug-likeness (QED) is 0.609. The highest BCUT2D eigenvalue weighted by atomic mass is 19.1. The van der Waals surface area contributed by atoms with Crippen LogP contribution >= 0.6 is 0 Å². The topological polar surface area (TPSA) is 84.7 Å². The fourth-order valence-electron chi connectivity index (χ4n) is 3.32. The zero-order valence-corrected chi connectivity index (χ0v) is 15.6. The van der Waals surface area contributed by atoms with Gasteiger partial charge in [0.25, 0.3) is 11.6 Å². The first kappa shape index (κ1) is 19.9. The van der Waals surface area contributed by atoms with Gasteiger partial charge >= 0.3 is 0 Å². The molecule has 2 aromatic rings. The molecule has 1 aliphatic heterocycles. The van der Waals surface area contributed by atoms with Gasteiger partial charge in [0.05, 0.1) is 24.2 Å². The molecule has 0 aliphatic carbocycles. The van der Waals surface area contributed by atoms with Crippen molar-refractivity contribution >= 4 is 11.6 Å². The van der Waals surface area contributed by atoms with Gasteiger partial charge in [0.15, 0.2) is 0 Å². The number of amides is 1. The van der Waals surface area contributed by atoms with Crippen molar-refractivity contribution in [1.29, 1.82) is 0 Å². The van der Waals surface area contributed by atoms with Crippen LogP contribution in [0.2, 0.25) is 0 Å². The third-order valence-electron chi connectivity index (χ3n) is 4.85. The Labute approximate surface area is 162 Å². The van der Waals surface area contributed by atoms with Crippen LogP contribution in [0, 0.1) is 22.9 Å². The van der Waals surface area contributed by atoms with Crippen molar-refractivity contribution in [2.75, 3.05) is 32.8 Å². The van der Waals surface area contributed by atoms with Crippen molar-refractivity contribution in [1.82, 2.24) is 10.2 Å². The number of hydrogen-bond acceptors (Lipinski definition) is 5. The molecule has 1 N–H and O–H groups in total. The van der Waals surface area contributed by atoms with Crippen LogP contribution in [-0.4, -0.2) is 48.6 Å². The van der Waals surface area contributed by atoms with E-state index in [0.717, 1.165) is 5.56 Å². The number of nitro groups is 1. The third kappa shape index (κ3) is 4.71. The molecule has 1 heterocycles. The lowest BCUT2D eigenvalue weighted by Gasteiger charge is -2.35. The second-order valence-corrected chi connectivity index (χ2v) is 6.68. The third-order valence-corrected chi connectivity index (χ3v) is 4.85. The Kier molecular flexibility index (Phi) is 6.33. The molecule has 1 amide bonds. The average molecular weight is 387 g/mol. The molecule has 28 heavy (non-hydrogen) atoms. The summed E-state index contributed by atoms with van der Waals surface area (Å²) in [6.45, 7) is 4.58. The summed E-state index contributed by atoms with van der Waals surface area (Å²) in [5, 5.41) is 13.8. The molecule has 1 fully saturated rings. The van der Waals surface area contributed by atoms with Gasteiger partial charge < -0.3 is 10.1 Å². The lowest BCUT2D eigenvalue weighted by molar-refractivity contribution is -0.385. The molecule has 148 valence electrons. The minimum atomic E-state index is -0.472. The fourth-order valence-corrected chi connectivity index (χ4v) is 3.32. The van der Waals surface area contributed by atoms with Gasteiger partial charge in [-0.2, -0.15) is 0 Å². The number of benzene rings is 2. The van der Waals surface area contributed by atoms with E-state index in [-0.39, 0.29) is 23.5 Å². The summed E-state index contributed by atoms with van der Waals surface area (Å²) in [7, 11) is 0. The molecular weight excluding hydrogens is 365 g/mol. The summed E-state index contributed by atoms with van der Waals surface area (Å²) >= 11 is 0. The highest BCUT2D eigenvalue weighted by Crippen LogP contribution is 2.22. The Morgan fingerprint density at radius 2 is 1.93 bits per heavy atom. The van der Waals surface area contributed by atoms with Crippen molar-refractivity contribution < 1.29 is 18.8 Å². The van der Waals surface area contributed by atoms with Crippen LogP contribution in [0.1, 0.15) is 27.5 Å². The predicted molar refractivity (Wildman–Crippen MR) is 102 cm³/mol. The average Bonchev–Trinajstić information content (AvgIpc) is 2.69. The minimum Gasteiger partial charge on any atom is -0.379 e. The molecule has 0 radical (unpaired) electrons. The van der Waals surface area contributed by atoms with Gasteiger partial charge in [-0.25, -0.2) is 4.39 Å². The van der Waals surface area contributed by atoms with Gasteiger partial charge in [0.1, 0.15) is 5.82 Å². The van der Waals surface area contributed by atoms with E-state index in [9.17, 15) is 19.3 Å². The summed E-state index contributed by atoms with van der Waals surface area (Å²) in [6.07, 6.45) is 0. The van der Waals surface area contributed by atoms with E-state index in [1.54, 1.807) is 19.1 Å². The van der Waals surface area contributed by atoms with E-state index in [1.807, 2.05) is 0 Å². The first-order valence-electron chi connectivity index (χ1n) is 9.06. The number of carbonyl (C=O) groups is 1.